The number of carbonyl (C=O) groups is 1. The Bertz CT molecular complexity index is 1480. The Morgan fingerprint density at radius 3 is 2.74 bits per heavy atom. The highest BCUT2D eigenvalue weighted by atomic mass is 32.3. The van der Waals surface area contributed by atoms with Crippen LogP contribution in [-0.2, 0) is 10.2 Å². The third kappa shape index (κ3) is 3.53. The fraction of sp³-hybridized carbons (Fsp3) is 0.240. The van der Waals surface area contributed by atoms with Gasteiger partial charge in [0.05, 0.1) is 34.3 Å². The van der Waals surface area contributed by atoms with Gasteiger partial charge in [-0.2, -0.15) is 0 Å². The highest BCUT2D eigenvalue weighted by Gasteiger charge is 2.38. The van der Waals surface area contributed by atoms with Crippen LogP contribution in [0.3, 0.4) is 0 Å². The Labute approximate surface area is 204 Å². The molecule has 6 rings (SSSR count). The zero-order valence-electron chi connectivity index (χ0n) is 19.4. The van der Waals surface area contributed by atoms with Gasteiger partial charge in [0.2, 0.25) is 11.9 Å². The van der Waals surface area contributed by atoms with E-state index in [4.69, 9.17) is 5.10 Å². The number of amides is 1. The van der Waals surface area contributed by atoms with Crippen LogP contribution in [-0.4, -0.2) is 41.9 Å². The second-order valence-electron chi connectivity index (χ2n) is 9.41. The van der Waals surface area contributed by atoms with Crippen molar-refractivity contribution in [2.75, 3.05) is 27.2 Å². The predicted molar refractivity (Wildman–Crippen MR) is 139 cm³/mol. The van der Waals surface area contributed by atoms with E-state index in [0.717, 1.165) is 45.8 Å². The van der Waals surface area contributed by atoms with Gasteiger partial charge in [0, 0.05) is 23.5 Å². The van der Waals surface area contributed by atoms with Gasteiger partial charge in [-0.3, -0.25) is 18.2 Å². The minimum Gasteiger partial charge on any atom is -0.325 e. The first kappa shape index (κ1) is 21.9. The van der Waals surface area contributed by atoms with E-state index >= 15 is 0 Å². The van der Waals surface area contributed by atoms with Crippen LogP contribution < -0.4 is 14.9 Å². The zero-order chi connectivity index (χ0) is 24.4. The second kappa shape index (κ2) is 7.70. The molecule has 4 aromatic rings. The maximum atomic E-state index is 12.3. The predicted octanol–water partition coefficient (Wildman–Crippen LogP) is 5.25. The second-order valence-corrected chi connectivity index (χ2v) is 11.5. The molecule has 0 saturated carbocycles. The molecule has 0 unspecified atom stereocenters. The highest BCUT2D eigenvalue weighted by molar-refractivity contribution is 8.25. The molecule has 35 heavy (non-hydrogen) atoms. The summed E-state index contributed by atoms with van der Waals surface area (Å²) in [6.45, 7) is 4.40. The molecule has 0 atom stereocenters. The zero-order valence-corrected chi connectivity index (χ0v) is 20.2. The van der Waals surface area contributed by atoms with Gasteiger partial charge >= 0.3 is 0 Å². The molecule has 0 bridgehead atoms. The lowest BCUT2D eigenvalue weighted by Crippen LogP contribution is -2.26. The van der Waals surface area contributed by atoms with Crippen LogP contribution in [0.5, 0.6) is 0 Å². The fourth-order valence-corrected chi connectivity index (χ4v) is 6.42. The van der Waals surface area contributed by atoms with Crippen LogP contribution in [0.2, 0.25) is 0 Å². The van der Waals surface area contributed by atoms with E-state index in [1.165, 1.54) is 0 Å². The Balaban J connectivity index is 1.38. The number of aromatic nitrogens is 3. The van der Waals surface area contributed by atoms with E-state index in [1.54, 1.807) is 15.0 Å². The fourth-order valence-electron chi connectivity index (χ4n) is 4.78. The molecule has 0 spiro atoms. The van der Waals surface area contributed by atoms with Crippen LogP contribution in [0.25, 0.3) is 16.8 Å². The molecule has 1 saturated heterocycles. The molecule has 0 radical (unpaired) electrons. The van der Waals surface area contributed by atoms with Gasteiger partial charge in [0.1, 0.15) is 0 Å². The molecule has 2 aromatic carbocycles. The van der Waals surface area contributed by atoms with Crippen LogP contribution in [0.4, 0.5) is 23.0 Å². The number of hydrogen-bond donors (Lipinski definition) is 4. The van der Waals surface area contributed by atoms with Crippen molar-refractivity contribution in [3.05, 3.63) is 66.4 Å². The quantitative estimate of drug-likeness (QED) is 0.309. The van der Waals surface area contributed by atoms with Gasteiger partial charge in [0.25, 0.3) is 0 Å². The molecule has 2 aliphatic rings. The van der Waals surface area contributed by atoms with Gasteiger partial charge in [0.15, 0.2) is 0 Å². The number of nitrogens with zero attached hydrogens (tertiary/aromatic N) is 4. The standard InChI is InChI=1S/C25H26N6O3S/c1-25(2)19-14-16(8-10-20(19)28-23(25)32)27-24-26-15-17-9-11-22(31(17)29-24)18-6-3-4-7-21(18)30-12-5-13-35(30,33)34/h3-4,6-11,14-15,33-34H,5,12-13H2,1-2H3,(H,27,29)(H,28,32). The number of carbonyl (C=O) groups excluding carboxylic acids is 1. The largest absolute Gasteiger partial charge is 0.325 e. The van der Waals surface area contributed by atoms with E-state index in [-0.39, 0.29) is 5.91 Å². The van der Waals surface area contributed by atoms with Gasteiger partial charge in [-0.25, -0.2) is 9.50 Å². The summed E-state index contributed by atoms with van der Waals surface area (Å²) in [5.74, 6) is 0.770. The summed E-state index contributed by atoms with van der Waals surface area (Å²) >= 11 is 0. The minimum atomic E-state index is -2.82. The Hall–Kier alpha value is -3.60. The van der Waals surface area contributed by atoms with Crippen LogP contribution >= 0.6 is 10.8 Å². The molecular weight excluding hydrogens is 464 g/mol. The van der Waals surface area contributed by atoms with Crippen molar-refractivity contribution in [3.8, 4) is 11.3 Å². The van der Waals surface area contributed by atoms with Gasteiger partial charge < -0.3 is 10.6 Å². The SMILES string of the molecule is CC1(C)C(=O)Nc2ccc(Nc3ncc4ccc(-c5ccccc5N5CCCS5(O)O)n4n3)cc21. The lowest BCUT2D eigenvalue weighted by atomic mass is 9.86. The lowest BCUT2D eigenvalue weighted by Gasteiger charge is -2.39. The van der Waals surface area contributed by atoms with E-state index in [0.29, 0.717) is 18.2 Å². The summed E-state index contributed by atoms with van der Waals surface area (Å²) in [7, 11) is -2.82. The summed E-state index contributed by atoms with van der Waals surface area (Å²) in [4.78, 5) is 16.7. The third-order valence-electron chi connectivity index (χ3n) is 6.74. The van der Waals surface area contributed by atoms with Crippen molar-refractivity contribution in [1.82, 2.24) is 14.6 Å². The van der Waals surface area contributed by atoms with Crippen LogP contribution in [0, 0.1) is 0 Å². The molecule has 4 heterocycles. The number of hydrogen-bond acceptors (Lipinski definition) is 7. The monoisotopic (exact) mass is 490 g/mol. The first-order valence-electron chi connectivity index (χ1n) is 11.4. The maximum absolute atomic E-state index is 12.3. The third-order valence-corrected chi connectivity index (χ3v) is 8.67. The Morgan fingerprint density at radius 2 is 1.94 bits per heavy atom. The topological polar surface area (TPSA) is 115 Å². The maximum Gasteiger partial charge on any atom is 0.245 e. The molecule has 2 aliphatic heterocycles. The lowest BCUT2D eigenvalue weighted by molar-refractivity contribution is -0.119. The molecule has 10 heteroatoms. The smallest absolute Gasteiger partial charge is 0.245 e. The van der Waals surface area contributed by atoms with Crippen molar-refractivity contribution in [2.24, 2.45) is 0 Å². The Kier molecular flexibility index (Phi) is 4.82. The molecule has 0 aliphatic carbocycles. The number of anilines is 4. The number of nitrogens with one attached hydrogen (secondary N) is 2. The summed E-state index contributed by atoms with van der Waals surface area (Å²) < 4.78 is 24.7. The summed E-state index contributed by atoms with van der Waals surface area (Å²) in [6.07, 6.45) is 2.48. The summed E-state index contributed by atoms with van der Waals surface area (Å²) in [5, 5.41) is 10.9. The van der Waals surface area contributed by atoms with Crippen LogP contribution in [0.1, 0.15) is 25.8 Å². The highest BCUT2D eigenvalue weighted by Crippen LogP contribution is 2.53. The van der Waals surface area contributed by atoms with E-state index in [1.807, 2.05) is 68.4 Å². The number of para-hydroxylation sites is 1. The number of benzene rings is 2. The molecule has 9 nitrogen and oxygen atoms in total. The van der Waals surface area contributed by atoms with Crippen LogP contribution in [0.15, 0.2) is 60.8 Å². The average molecular weight is 491 g/mol. The van der Waals surface area contributed by atoms with E-state index in [2.05, 4.69) is 15.6 Å². The number of fused-ring (bicyclic) bond motifs is 2. The van der Waals surface area contributed by atoms with E-state index in [9.17, 15) is 13.9 Å². The van der Waals surface area contributed by atoms with Crippen molar-refractivity contribution in [1.29, 1.82) is 0 Å². The van der Waals surface area contributed by atoms with E-state index < -0.39 is 16.2 Å². The normalized spacial score (nSPS) is 19.0. The van der Waals surface area contributed by atoms with Gasteiger partial charge in [-0.15, -0.1) is 15.9 Å². The van der Waals surface area contributed by atoms with Gasteiger partial charge in [-0.05, 0) is 62.2 Å². The van der Waals surface area contributed by atoms with Crippen molar-refractivity contribution >= 4 is 45.2 Å². The van der Waals surface area contributed by atoms with Crippen molar-refractivity contribution in [2.45, 2.75) is 25.7 Å². The molecule has 2 aromatic heterocycles. The first-order chi connectivity index (χ1) is 16.7. The number of rotatable bonds is 4. The van der Waals surface area contributed by atoms with Crippen molar-refractivity contribution < 1.29 is 13.9 Å². The minimum absolute atomic E-state index is 0.0208. The van der Waals surface area contributed by atoms with Crippen molar-refractivity contribution in [3.63, 3.8) is 0 Å². The molecule has 180 valence electrons. The molecule has 4 N–H and O–H groups in total. The van der Waals surface area contributed by atoms with Gasteiger partial charge in [-0.1, -0.05) is 18.2 Å². The summed E-state index contributed by atoms with van der Waals surface area (Å²) in [5.41, 5.74) is 5.20. The molecule has 1 fully saturated rings. The molecular formula is C25H26N6O3S. The molecule has 1 amide bonds. The Morgan fingerprint density at radius 1 is 1.11 bits per heavy atom. The summed E-state index contributed by atoms with van der Waals surface area (Å²) in [6, 6.07) is 17.3. The average Bonchev–Trinajstić information content (AvgIpc) is 3.47. The first-order valence-corrected chi connectivity index (χ1v) is 13.1.